The first-order valence-electron chi connectivity index (χ1n) is 9.19. The summed E-state index contributed by atoms with van der Waals surface area (Å²) in [6.07, 6.45) is 0.738. The molecule has 0 radical (unpaired) electrons. The van der Waals surface area contributed by atoms with E-state index in [0.717, 1.165) is 12.0 Å². The molecule has 6 nitrogen and oxygen atoms in total. The first-order valence-corrected chi connectivity index (χ1v) is 11.5. The van der Waals surface area contributed by atoms with Gasteiger partial charge in [-0.2, -0.15) is 8.42 Å². The lowest BCUT2D eigenvalue weighted by Crippen LogP contribution is -2.40. The number of hydrogen-bond acceptors (Lipinski definition) is 4. The largest absolute Gasteiger partial charge is 0.382 e. The van der Waals surface area contributed by atoms with Crippen LogP contribution in [0.25, 0.3) is 0 Å². The van der Waals surface area contributed by atoms with Crippen molar-refractivity contribution in [2.45, 2.75) is 39.8 Å². The average molecular weight is 459 g/mol. The number of benzene rings is 2. The molecule has 1 atom stereocenters. The van der Waals surface area contributed by atoms with E-state index in [1.165, 1.54) is 6.92 Å². The highest BCUT2D eigenvalue weighted by Gasteiger charge is 2.21. The number of urea groups is 1. The standard InChI is InChI=1S/C20H24Cl2N2O4S/c1-4-14(3)24(20(25)23-19-10-9-16(21)12-18(19)22)13-15-7-6-8-17(11-15)28-29(26,27)5-2/h6-12,14H,4-5,13H2,1-3H3,(H,23,25). The van der Waals surface area contributed by atoms with Crippen LogP contribution in [0.3, 0.4) is 0 Å². The van der Waals surface area contributed by atoms with Crippen molar-refractivity contribution in [1.29, 1.82) is 0 Å². The second-order valence-corrected chi connectivity index (χ2v) is 9.22. The van der Waals surface area contributed by atoms with Crippen LogP contribution in [-0.4, -0.2) is 31.1 Å². The Bertz CT molecular complexity index is 967. The van der Waals surface area contributed by atoms with Gasteiger partial charge in [-0.3, -0.25) is 0 Å². The number of nitrogens with zero attached hydrogens (tertiary/aromatic N) is 1. The summed E-state index contributed by atoms with van der Waals surface area (Å²) in [7, 11) is -3.62. The van der Waals surface area contributed by atoms with Gasteiger partial charge in [-0.1, -0.05) is 42.3 Å². The van der Waals surface area contributed by atoms with Gasteiger partial charge in [0.25, 0.3) is 0 Å². The molecule has 0 saturated carbocycles. The van der Waals surface area contributed by atoms with Gasteiger partial charge in [0.05, 0.1) is 16.5 Å². The van der Waals surface area contributed by atoms with E-state index in [1.807, 2.05) is 19.9 Å². The lowest BCUT2D eigenvalue weighted by molar-refractivity contribution is 0.187. The minimum Gasteiger partial charge on any atom is -0.382 e. The third kappa shape index (κ3) is 6.80. The number of carbonyl (C=O) groups is 1. The summed E-state index contributed by atoms with van der Waals surface area (Å²) < 4.78 is 28.5. The molecule has 2 rings (SSSR count). The number of rotatable bonds is 8. The van der Waals surface area contributed by atoms with Gasteiger partial charge < -0.3 is 14.4 Å². The lowest BCUT2D eigenvalue weighted by Gasteiger charge is -2.29. The molecule has 0 heterocycles. The summed E-state index contributed by atoms with van der Waals surface area (Å²) in [6, 6.07) is 11.1. The van der Waals surface area contributed by atoms with E-state index in [4.69, 9.17) is 27.4 Å². The third-order valence-corrected chi connectivity index (χ3v) is 6.09. The van der Waals surface area contributed by atoms with Crippen LogP contribution in [0.4, 0.5) is 10.5 Å². The molecule has 2 aromatic carbocycles. The molecule has 0 aromatic heterocycles. The van der Waals surface area contributed by atoms with Crippen molar-refractivity contribution in [2.24, 2.45) is 0 Å². The SMILES string of the molecule is CCC(C)N(Cc1cccc(OS(=O)(=O)CC)c1)C(=O)Nc1ccc(Cl)cc1Cl. The highest BCUT2D eigenvalue weighted by atomic mass is 35.5. The first-order chi connectivity index (χ1) is 13.6. The predicted molar refractivity (Wildman–Crippen MR) is 117 cm³/mol. The molecule has 0 spiro atoms. The van der Waals surface area contributed by atoms with Crippen LogP contribution >= 0.6 is 23.2 Å². The smallest absolute Gasteiger partial charge is 0.322 e. The van der Waals surface area contributed by atoms with Crippen LogP contribution in [0.2, 0.25) is 10.0 Å². The fourth-order valence-electron chi connectivity index (χ4n) is 2.52. The second kappa shape index (κ2) is 10.2. The van der Waals surface area contributed by atoms with Crippen molar-refractivity contribution < 1.29 is 17.4 Å². The van der Waals surface area contributed by atoms with Gasteiger partial charge in [0, 0.05) is 17.6 Å². The topological polar surface area (TPSA) is 75.7 Å². The molecule has 0 aliphatic heterocycles. The summed E-state index contributed by atoms with van der Waals surface area (Å²) in [6.45, 7) is 5.70. The highest BCUT2D eigenvalue weighted by Crippen LogP contribution is 2.26. The van der Waals surface area contributed by atoms with Crippen LogP contribution in [0.1, 0.15) is 32.8 Å². The van der Waals surface area contributed by atoms with Crippen molar-refractivity contribution in [3.8, 4) is 5.75 Å². The molecule has 1 unspecified atom stereocenters. The molecule has 0 aliphatic rings. The number of amides is 2. The number of anilines is 1. The number of nitrogens with one attached hydrogen (secondary N) is 1. The Hall–Kier alpha value is -1.96. The van der Waals surface area contributed by atoms with E-state index in [2.05, 4.69) is 5.32 Å². The molecule has 1 N–H and O–H groups in total. The van der Waals surface area contributed by atoms with Crippen LogP contribution in [0, 0.1) is 0 Å². The van der Waals surface area contributed by atoms with E-state index in [1.54, 1.807) is 41.3 Å². The monoisotopic (exact) mass is 458 g/mol. The van der Waals surface area contributed by atoms with Gasteiger partial charge in [0.2, 0.25) is 0 Å². The minimum atomic E-state index is -3.62. The van der Waals surface area contributed by atoms with Gasteiger partial charge in [-0.15, -0.1) is 0 Å². The Morgan fingerprint density at radius 1 is 1.17 bits per heavy atom. The fraction of sp³-hybridized carbons (Fsp3) is 0.350. The van der Waals surface area contributed by atoms with Gasteiger partial charge >= 0.3 is 16.1 Å². The molecule has 9 heteroatoms. The fourth-order valence-corrected chi connectivity index (χ4v) is 3.49. The van der Waals surface area contributed by atoms with Gasteiger partial charge in [-0.05, 0) is 56.2 Å². The summed E-state index contributed by atoms with van der Waals surface area (Å²) >= 11 is 12.1. The molecule has 0 bridgehead atoms. The molecule has 29 heavy (non-hydrogen) atoms. The van der Waals surface area contributed by atoms with Crippen LogP contribution < -0.4 is 9.50 Å². The van der Waals surface area contributed by atoms with Crippen LogP contribution in [0.5, 0.6) is 5.75 Å². The molecule has 0 saturated heterocycles. The highest BCUT2D eigenvalue weighted by molar-refractivity contribution is 7.87. The van der Waals surface area contributed by atoms with Crippen molar-refractivity contribution in [3.63, 3.8) is 0 Å². The number of carbonyl (C=O) groups excluding carboxylic acids is 1. The van der Waals surface area contributed by atoms with E-state index < -0.39 is 10.1 Å². The maximum absolute atomic E-state index is 12.9. The first kappa shape index (κ1) is 23.3. The molecule has 2 aromatic rings. The van der Waals surface area contributed by atoms with E-state index in [0.29, 0.717) is 15.7 Å². The van der Waals surface area contributed by atoms with Crippen molar-refractivity contribution in [2.75, 3.05) is 11.1 Å². The van der Waals surface area contributed by atoms with Gasteiger partial charge in [-0.25, -0.2) is 4.79 Å². The maximum atomic E-state index is 12.9. The Labute approximate surface area is 181 Å². The van der Waals surface area contributed by atoms with E-state index in [-0.39, 0.29) is 30.1 Å². The zero-order valence-electron chi connectivity index (χ0n) is 16.5. The quantitative estimate of drug-likeness (QED) is 0.525. The lowest BCUT2D eigenvalue weighted by atomic mass is 10.1. The molecule has 0 aliphatic carbocycles. The normalized spacial score (nSPS) is 12.3. The molecular weight excluding hydrogens is 435 g/mol. The Morgan fingerprint density at radius 3 is 2.52 bits per heavy atom. The Morgan fingerprint density at radius 2 is 1.90 bits per heavy atom. The third-order valence-electron chi connectivity index (χ3n) is 4.38. The second-order valence-electron chi connectivity index (χ2n) is 6.52. The Balaban J connectivity index is 2.21. The van der Waals surface area contributed by atoms with Gasteiger partial charge in [0.1, 0.15) is 5.75 Å². The summed E-state index contributed by atoms with van der Waals surface area (Å²) in [4.78, 5) is 14.6. The summed E-state index contributed by atoms with van der Waals surface area (Å²) in [5.41, 5.74) is 1.20. The van der Waals surface area contributed by atoms with Crippen LogP contribution in [0.15, 0.2) is 42.5 Å². The summed E-state index contributed by atoms with van der Waals surface area (Å²) in [5, 5.41) is 3.62. The molecule has 0 fully saturated rings. The van der Waals surface area contributed by atoms with Crippen molar-refractivity contribution in [3.05, 3.63) is 58.1 Å². The van der Waals surface area contributed by atoms with Crippen molar-refractivity contribution in [1.82, 2.24) is 4.90 Å². The van der Waals surface area contributed by atoms with E-state index in [9.17, 15) is 13.2 Å². The molecule has 2 amide bonds. The summed E-state index contributed by atoms with van der Waals surface area (Å²) in [5.74, 6) is 0.0927. The Kier molecular flexibility index (Phi) is 8.19. The molecular formula is C20H24Cl2N2O4S. The number of hydrogen-bond donors (Lipinski definition) is 1. The predicted octanol–water partition coefficient (Wildman–Crippen LogP) is 5.55. The minimum absolute atomic E-state index is 0.0648. The van der Waals surface area contributed by atoms with Gasteiger partial charge in [0.15, 0.2) is 0 Å². The van der Waals surface area contributed by atoms with Crippen LogP contribution in [-0.2, 0) is 16.7 Å². The zero-order valence-corrected chi connectivity index (χ0v) is 18.8. The van der Waals surface area contributed by atoms with E-state index >= 15 is 0 Å². The number of halogens is 2. The average Bonchev–Trinajstić information content (AvgIpc) is 2.67. The molecule has 158 valence electrons. The zero-order chi connectivity index (χ0) is 21.6. The maximum Gasteiger partial charge on any atom is 0.322 e. The van der Waals surface area contributed by atoms with Crippen molar-refractivity contribution >= 4 is 45.0 Å².